The first kappa shape index (κ1) is 14.5. The summed E-state index contributed by atoms with van der Waals surface area (Å²) in [6.07, 6.45) is 3.71. The molecule has 0 aliphatic heterocycles. The van der Waals surface area contributed by atoms with E-state index in [4.69, 9.17) is 10.5 Å². The van der Waals surface area contributed by atoms with Gasteiger partial charge in [0.2, 0.25) is 0 Å². The highest BCUT2D eigenvalue weighted by Crippen LogP contribution is 2.28. The molecule has 1 saturated carbocycles. The van der Waals surface area contributed by atoms with Crippen molar-refractivity contribution in [3.63, 3.8) is 0 Å². The minimum Gasteiger partial charge on any atom is -0.383 e. The predicted molar refractivity (Wildman–Crippen MR) is 76.1 cm³/mol. The number of hydrogen-bond acceptors (Lipinski definition) is 4. The Labute approximate surface area is 119 Å². The molecule has 1 aromatic rings. The molecule has 5 nitrogen and oxygen atoms in total. The quantitative estimate of drug-likeness (QED) is 0.800. The fraction of sp³-hybridized carbons (Fsp3) is 0.467. The second kappa shape index (κ2) is 7.04. The van der Waals surface area contributed by atoms with Crippen LogP contribution < -0.4 is 5.73 Å². The van der Waals surface area contributed by atoms with Crippen LogP contribution in [0, 0.1) is 11.8 Å². The lowest BCUT2D eigenvalue weighted by atomic mass is 10.1. The van der Waals surface area contributed by atoms with Gasteiger partial charge in [-0.05, 0) is 25.0 Å². The van der Waals surface area contributed by atoms with E-state index < -0.39 is 0 Å². The van der Waals surface area contributed by atoms with Crippen LogP contribution in [0.15, 0.2) is 18.3 Å². The largest absolute Gasteiger partial charge is 0.383 e. The maximum absolute atomic E-state index is 12.6. The minimum absolute atomic E-state index is 0.0773. The van der Waals surface area contributed by atoms with Crippen molar-refractivity contribution in [2.75, 3.05) is 26.8 Å². The number of hydrogen-bond donors (Lipinski definition) is 1. The summed E-state index contributed by atoms with van der Waals surface area (Å²) in [5.74, 6) is 5.60. The van der Waals surface area contributed by atoms with Crippen LogP contribution in [-0.2, 0) is 4.74 Å². The van der Waals surface area contributed by atoms with Crippen LogP contribution in [0.5, 0.6) is 0 Å². The summed E-state index contributed by atoms with van der Waals surface area (Å²) >= 11 is 0. The number of nitrogens with two attached hydrogens (primary N) is 1. The molecule has 0 atom stereocenters. The number of amides is 1. The van der Waals surface area contributed by atoms with Gasteiger partial charge in [-0.2, -0.15) is 0 Å². The Morgan fingerprint density at radius 1 is 1.60 bits per heavy atom. The first-order chi connectivity index (χ1) is 9.77. The van der Waals surface area contributed by atoms with E-state index in [1.807, 2.05) is 4.90 Å². The maximum Gasteiger partial charge on any atom is 0.274 e. The summed E-state index contributed by atoms with van der Waals surface area (Å²) in [6, 6.07) is 3.88. The highest BCUT2D eigenvalue weighted by Gasteiger charge is 2.33. The zero-order valence-corrected chi connectivity index (χ0v) is 11.6. The molecule has 1 heterocycles. The zero-order chi connectivity index (χ0) is 14.4. The summed E-state index contributed by atoms with van der Waals surface area (Å²) < 4.78 is 5.07. The number of rotatable bonds is 5. The van der Waals surface area contributed by atoms with Crippen LogP contribution >= 0.6 is 0 Å². The summed E-state index contributed by atoms with van der Waals surface area (Å²) in [5.41, 5.74) is 6.41. The number of aromatic nitrogens is 1. The van der Waals surface area contributed by atoms with Crippen LogP contribution in [0.2, 0.25) is 0 Å². The maximum atomic E-state index is 12.6. The van der Waals surface area contributed by atoms with Crippen molar-refractivity contribution in [2.24, 2.45) is 5.73 Å². The van der Waals surface area contributed by atoms with Gasteiger partial charge in [0.15, 0.2) is 0 Å². The van der Waals surface area contributed by atoms with Gasteiger partial charge in [0, 0.05) is 25.9 Å². The molecule has 20 heavy (non-hydrogen) atoms. The molecule has 5 heteroatoms. The summed E-state index contributed by atoms with van der Waals surface area (Å²) in [5, 5.41) is 0. The monoisotopic (exact) mass is 273 g/mol. The van der Waals surface area contributed by atoms with E-state index in [9.17, 15) is 4.79 Å². The van der Waals surface area contributed by atoms with Gasteiger partial charge in [-0.1, -0.05) is 11.8 Å². The Morgan fingerprint density at radius 2 is 2.40 bits per heavy atom. The van der Waals surface area contributed by atoms with E-state index in [1.165, 1.54) is 0 Å². The Morgan fingerprint density at radius 3 is 3.05 bits per heavy atom. The van der Waals surface area contributed by atoms with Crippen LogP contribution in [0.25, 0.3) is 0 Å². The molecule has 0 bridgehead atoms. The lowest BCUT2D eigenvalue weighted by Crippen LogP contribution is -2.36. The lowest BCUT2D eigenvalue weighted by Gasteiger charge is -2.22. The van der Waals surface area contributed by atoms with E-state index in [2.05, 4.69) is 16.8 Å². The highest BCUT2D eigenvalue weighted by molar-refractivity contribution is 5.95. The third kappa shape index (κ3) is 3.56. The number of methoxy groups -OCH3 is 1. The molecule has 0 aromatic carbocycles. The topological polar surface area (TPSA) is 68.5 Å². The molecule has 0 spiro atoms. The number of carbonyl (C=O) groups is 1. The van der Waals surface area contributed by atoms with Crippen LogP contribution in [-0.4, -0.2) is 48.6 Å². The van der Waals surface area contributed by atoms with E-state index in [1.54, 1.807) is 25.4 Å². The van der Waals surface area contributed by atoms with Gasteiger partial charge in [-0.15, -0.1) is 0 Å². The molecule has 2 N–H and O–H groups in total. The zero-order valence-electron chi connectivity index (χ0n) is 11.6. The smallest absolute Gasteiger partial charge is 0.274 e. The van der Waals surface area contributed by atoms with Crippen LogP contribution in [0.4, 0.5) is 0 Å². The van der Waals surface area contributed by atoms with E-state index in [0.717, 1.165) is 12.8 Å². The Hall–Kier alpha value is -1.90. The van der Waals surface area contributed by atoms with E-state index >= 15 is 0 Å². The van der Waals surface area contributed by atoms with Crippen molar-refractivity contribution in [3.05, 3.63) is 29.6 Å². The standard InChI is InChI=1S/C15H19N3O2/c1-20-11-10-18(13-6-7-13)15(19)14-12(4-2-8-16)5-3-9-17-14/h3,5,9,13H,6-8,10-11,16H2,1H3. The third-order valence-corrected chi connectivity index (χ3v) is 3.12. The molecule has 1 aliphatic carbocycles. The average Bonchev–Trinajstić information content (AvgIpc) is 3.30. The number of ether oxygens (including phenoxy) is 1. The molecule has 0 radical (unpaired) electrons. The molecule has 0 unspecified atom stereocenters. The van der Waals surface area contributed by atoms with Crippen molar-refractivity contribution in [3.8, 4) is 11.8 Å². The van der Waals surface area contributed by atoms with Crippen LogP contribution in [0.1, 0.15) is 28.9 Å². The van der Waals surface area contributed by atoms with Crippen molar-refractivity contribution >= 4 is 5.91 Å². The fourth-order valence-electron chi connectivity index (χ4n) is 1.98. The SMILES string of the molecule is COCCN(C(=O)c1ncccc1C#CCN)C1CC1. The molecule has 1 amide bonds. The Kier molecular flexibility index (Phi) is 5.10. The molecule has 0 saturated heterocycles. The van der Waals surface area contributed by atoms with Gasteiger partial charge in [0.25, 0.3) is 5.91 Å². The van der Waals surface area contributed by atoms with E-state index in [0.29, 0.717) is 30.5 Å². The van der Waals surface area contributed by atoms with Gasteiger partial charge < -0.3 is 15.4 Å². The molecular weight excluding hydrogens is 254 g/mol. The first-order valence-electron chi connectivity index (χ1n) is 6.71. The van der Waals surface area contributed by atoms with Crippen molar-refractivity contribution < 1.29 is 9.53 Å². The van der Waals surface area contributed by atoms with Gasteiger partial charge in [-0.25, -0.2) is 4.98 Å². The molecular formula is C15H19N3O2. The molecule has 106 valence electrons. The lowest BCUT2D eigenvalue weighted by molar-refractivity contribution is 0.0674. The fourth-order valence-corrected chi connectivity index (χ4v) is 1.98. The van der Waals surface area contributed by atoms with Gasteiger partial charge in [0.1, 0.15) is 5.69 Å². The van der Waals surface area contributed by atoms with Gasteiger partial charge in [-0.3, -0.25) is 4.79 Å². The molecule has 2 rings (SSSR count). The predicted octanol–water partition coefficient (Wildman–Crippen LogP) is 0.643. The third-order valence-electron chi connectivity index (χ3n) is 3.12. The molecule has 1 aromatic heterocycles. The Bertz CT molecular complexity index is 529. The van der Waals surface area contributed by atoms with Crippen molar-refractivity contribution in [1.29, 1.82) is 0 Å². The second-order valence-electron chi connectivity index (χ2n) is 4.63. The van der Waals surface area contributed by atoms with Crippen molar-refractivity contribution in [1.82, 2.24) is 9.88 Å². The Balaban J connectivity index is 2.22. The summed E-state index contributed by atoms with van der Waals surface area (Å²) in [6.45, 7) is 1.37. The second-order valence-corrected chi connectivity index (χ2v) is 4.63. The minimum atomic E-state index is -0.0773. The van der Waals surface area contributed by atoms with Gasteiger partial charge in [0.05, 0.1) is 18.7 Å². The summed E-state index contributed by atoms with van der Waals surface area (Å²) in [7, 11) is 1.63. The summed E-state index contributed by atoms with van der Waals surface area (Å²) in [4.78, 5) is 18.7. The normalized spacial score (nSPS) is 13.5. The average molecular weight is 273 g/mol. The number of carbonyl (C=O) groups excluding carboxylic acids is 1. The number of nitrogens with zero attached hydrogens (tertiary/aromatic N) is 2. The van der Waals surface area contributed by atoms with Gasteiger partial charge >= 0.3 is 0 Å². The number of pyridine rings is 1. The van der Waals surface area contributed by atoms with E-state index in [-0.39, 0.29) is 12.5 Å². The highest BCUT2D eigenvalue weighted by atomic mass is 16.5. The first-order valence-corrected chi connectivity index (χ1v) is 6.71. The molecule has 1 aliphatic rings. The molecule has 1 fully saturated rings. The van der Waals surface area contributed by atoms with Crippen LogP contribution in [0.3, 0.4) is 0 Å². The van der Waals surface area contributed by atoms with Crippen molar-refractivity contribution in [2.45, 2.75) is 18.9 Å².